The predicted octanol–water partition coefficient (Wildman–Crippen LogP) is 3.74. The van der Waals surface area contributed by atoms with Crippen molar-refractivity contribution in [2.75, 3.05) is 7.11 Å². The number of phenols is 1. The number of fused-ring (bicyclic) bond motifs is 3. The lowest BCUT2D eigenvalue weighted by Gasteiger charge is -2.42. The zero-order valence-corrected chi connectivity index (χ0v) is 26.2. The van der Waals surface area contributed by atoms with Gasteiger partial charge in [-0.25, -0.2) is 0 Å². The summed E-state index contributed by atoms with van der Waals surface area (Å²) in [5, 5.41) is 40.3. The number of hydrogen-bond donors (Lipinski definition) is 4. The van der Waals surface area contributed by atoms with Gasteiger partial charge >= 0.3 is 0 Å². The number of carbonyl (C=O) groups is 4. The summed E-state index contributed by atoms with van der Waals surface area (Å²) in [5.41, 5.74) is 7.38. The van der Waals surface area contributed by atoms with E-state index in [0.29, 0.717) is 5.69 Å². The van der Waals surface area contributed by atoms with Crippen molar-refractivity contribution >= 4 is 28.9 Å². The van der Waals surface area contributed by atoms with Gasteiger partial charge in [0.2, 0.25) is 5.78 Å². The van der Waals surface area contributed by atoms with E-state index in [1.165, 1.54) is 56.5 Å². The molecule has 3 aromatic rings. The molecule has 14 nitrogen and oxygen atoms in total. The highest BCUT2D eigenvalue weighted by Crippen LogP contribution is 2.48. The van der Waals surface area contributed by atoms with E-state index in [4.69, 9.17) is 19.7 Å². The Labute approximate surface area is 273 Å². The molecule has 0 aromatic heterocycles. The van der Waals surface area contributed by atoms with Crippen molar-refractivity contribution < 1.29 is 48.7 Å². The molecule has 6 unspecified atom stereocenters. The molecule has 3 aliphatic rings. The minimum absolute atomic E-state index is 0.00529. The molecule has 0 bridgehead atoms. The van der Waals surface area contributed by atoms with Crippen LogP contribution < -0.4 is 10.1 Å². The molecule has 6 rings (SSSR count). The Hall–Kier alpha value is -5.11. The van der Waals surface area contributed by atoms with E-state index in [0.717, 1.165) is 0 Å². The Balaban J connectivity index is 1.33. The molecule has 248 valence electrons. The number of aliphatic hydroxyl groups is 2. The molecule has 0 spiro atoms. The molecule has 6 atom stereocenters. The van der Waals surface area contributed by atoms with E-state index < -0.39 is 65.3 Å². The highest BCUT2D eigenvalue weighted by molar-refractivity contribution is 6.30. The molecule has 2 aliphatic carbocycles. The van der Waals surface area contributed by atoms with Crippen LogP contribution in [0.25, 0.3) is 10.4 Å². The van der Waals surface area contributed by atoms with Crippen LogP contribution in [-0.4, -0.2) is 75.8 Å². The molecule has 1 aliphatic heterocycles. The van der Waals surface area contributed by atoms with Crippen molar-refractivity contribution in [3.05, 3.63) is 97.9 Å². The number of aromatic hydroxyl groups is 1. The molecule has 4 N–H and O–H groups in total. The van der Waals surface area contributed by atoms with Crippen molar-refractivity contribution in [3.63, 3.8) is 0 Å². The minimum atomic E-state index is -1.93. The first-order chi connectivity index (χ1) is 22.9. The predicted molar refractivity (Wildman–Crippen MR) is 167 cm³/mol. The zero-order chi connectivity index (χ0) is 34.5. The highest BCUT2D eigenvalue weighted by Gasteiger charge is 2.48. The van der Waals surface area contributed by atoms with Crippen LogP contribution in [0.3, 0.4) is 0 Å². The summed E-state index contributed by atoms with van der Waals surface area (Å²) in [5.74, 6) is -2.61. The maximum Gasteiger partial charge on any atom is 0.251 e. The van der Waals surface area contributed by atoms with E-state index in [1.807, 2.05) is 0 Å². The molecule has 1 fully saturated rings. The second-order valence-electron chi connectivity index (χ2n) is 12.2. The summed E-state index contributed by atoms with van der Waals surface area (Å²) in [6, 6.07) is 11.0. The third-order valence-electron chi connectivity index (χ3n) is 9.23. The lowest BCUT2D eigenvalue weighted by molar-refractivity contribution is -0.248. The lowest BCUT2D eigenvalue weighted by atomic mass is 9.72. The fourth-order valence-corrected chi connectivity index (χ4v) is 6.68. The first-order valence-corrected chi connectivity index (χ1v) is 15.2. The second kappa shape index (κ2) is 12.5. The number of methoxy groups -OCH3 is 1. The Morgan fingerprint density at radius 1 is 1.10 bits per heavy atom. The van der Waals surface area contributed by atoms with Crippen molar-refractivity contribution in [3.8, 4) is 11.5 Å². The smallest absolute Gasteiger partial charge is 0.251 e. The lowest BCUT2D eigenvalue weighted by Crippen LogP contribution is -2.55. The molecule has 0 radical (unpaired) electrons. The highest BCUT2D eigenvalue weighted by atomic mass is 16.7. The number of amides is 1. The second-order valence-corrected chi connectivity index (χ2v) is 12.2. The molecule has 14 heteroatoms. The number of ether oxygens (including phenoxy) is 3. The van der Waals surface area contributed by atoms with Gasteiger partial charge in [-0.05, 0) is 49.2 Å². The van der Waals surface area contributed by atoms with Gasteiger partial charge in [-0.1, -0.05) is 29.4 Å². The summed E-state index contributed by atoms with van der Waals surface area (Å²) >= 11 is 0. The van der Waals surface area contributed by atoms with Crippen molar-refractivity contribution in [2.45, 2.75) is 69.4 Å². The van der Waals surface area contributed by atoms with Gasteiger partial charge in [0, 0.05) is 52.1 Å². The van der Waals surface area contributed by atoms with Crippen molar-refractivity contribution in [1.29, 1.82) is 0 Å². The third-order valence-corrected chi connectivity index (χ3v) is 9.23. The zero-order valence-electron chi connectivity index (χ0n) is 26.2. The summed E-state index contributed by atoms with van der Waals surface area (Å²) in [7, 11) is 1.36. The fraction of sp³-hybridized carbons (Fsp3) is 0.353. The normalized spacial score (nSPS) is 26.0. The standard InChI is InChI=1S/C34H32N4O10/c1-15-29(40)22(36-33(44)17-7-9-19(10-8-17)37-38-35)12-25(47-15)48-24-14-34(45,16(2)39)13-18-11-21-28(31(42)26(18)24)32(43)27-20(30(21)41)5-4-6-23(27)46-3/h4-11,15,22,24-25,29,40,42,45H,12-14H2,1-3H3,(H,36,44). The molecular formula is C34H32N4O10. The summed E-state index contributed by atoms with van der Waals surface area (Å²) < 4.78 is 17.6. The number of hydrogen-bond acceptors (Lipinski definition) is 11. The van der Waals surface area contributed by atoms with Gasteiger partial charge in [-0.3, -0.25) is 19.2 Å². The van der Waals surface area contributed by atoms with Crippen LogP contribution in [0.15, 0.2) is 53.6 Å². The quantitative estimate of drug-likeness (QED) is 0.128. The molecule has 1 heterocycles. The monoisotopic (exact) mass is 656 g/mol. The number of benzene rings is 3. The fourth-order valence-electron chi connectivity index (χ4n) is 6.68. The number of nitrogens with zero attached hydrogens (tertiary/aromatic N) is 3. The number of azide groups is 1. The minimum Gasteiger partial charge on any atom is -0.507 e. The van der Waals surface area contributed by atoms with E-state index in [1.54, 1.807) is 13.0 Å². The van der Waals surface area contributed by atoms with Crippen molar-refractivity contribution in [1.82, 2.24) is 5.32 Å². The molecule has 48 heavy (non-hydrogen) atoms. The van der Waals surface area contributed by atoms with Gasteiger partial charge in [0.15, 0.2) is 17.9 Å². The molecule has 1 saturated heterocycles. The Morgan fingerprint density at radius 3 is 2.50 bits per heavy atom. The van der Waals surface area contributed by atoms with Crippen LogP contribution in [0, 0.1) is 0 Å². The number of phenolic OH excluding ortho intramolecular Hbond substituents is 1. The topological polar surface area (TPSA) is 217 Å². The summed E-state index contributed by atoms with van der Waals surface area (Å²) in [4.78, 5) is 55.9. The van der Waals surface area contributed by atoms with Gasteiger partial charge < -0.3 is 34.8 Å². The molecule has 1 amide bonds. The first-order valence-electron chi connectivity index (χ1n) is 15.2. The Morgan fingerprint density at radius 2 is 1.83 bits per heavy atom. The molecule has 3 aromatic carbocycles. The largest absolute Gasteiger partial charge is 0.507 e. The van der Waals surface area contributed by atoms with Gasteiger partial charge in [0.1, 0.15) is 23.2 Å². The summed E-state index contributed by atoms with van der Waals surface area (Å²) in [6.07, 6.45) is -4.91. The van der Waals surface area contributed by atoms with E-state index >= 15 is 0 Å². The molecule has 0 saturated carbocycles. The van der Waals surface area contributed by atoms with Crippen LogP contribution in [0.1, 0.15) is 86.1 Å². The van der Waals surface area contributed by atoms with Gasteiger partial charge in [0.25, 0.3) is 5.91 Å². The number of Topliss-reactive ketones (excluding diaryl/α,β-unsaturated/α-hetero) is 1. The van der Waals surface area contributed by atoms with Crippen LogP contribution >= 0.6 is 0 Å². The van der Waals surface area contributed by atoms with Gasteiger partial charge in [0.05, 0.1) is 36.5 Å². The third kappa shape index (κ3) is 5.59. The maximum absolute atomic E-state index is 13.8. The average molecular weight is 657 g/mol. The number of rotatable bonds is 7. The number of aliphatic hydroxyl groups excluding tert-OH is 1. The number of nitrogens with one attached hydrogen (secondary N) is 1. The number of ketones is 3. The van der Waals surface area contributed by atoms with Gasteiger partial charge in [-0.2, -0.15) is 0 Å². The maximum atomic E-state index is 13.8. The van der Waals surface area contributed by atoms with Crippen LogP contribution in [0.4, 0.5) is 5.69 Å². The Kier molecular flexibility index (Phi) is 8.54. The van der Waals surface area contributed by atoms with Crippen LogP contribution in [-0.2, 0) is 20.7 Å². The SMILES string of the molecule is COc1cccc2c1C(=O)c1c(cc3c(c1O)C(OC1CC(NC(=O)c4ccc(N=[N+]=[N-])cc4)C(O)C(C)O1)CC(O)(C(C)=O)C3)C2=O. The molecular weight excluding hydrogens is 624 g/mol. The Bertz CT molecular complexity index is 1900. The van der Waals surface area contributed by atoms with E-state index in [2.05, 4.69) is 15.3 Å². The van der Waals surface area contributed by atoms with E-state index in [-0.39, 0.29) is 64.0 Å². The summed E-state index contributed by atoms with van der Waals surface area (Å²) in [6.45, 7) is 2.80. The van der Waals surface area contributed by atoms with Gasteiger partial charge in [-0.15, -0.1) is 0 Å². The van der Waals surface area contributed by atoms with E-state index in [9.17, 15) is 34.5 Å². The number of carbonyl (C=O) groups excluding carboxylic acids is 4. The first kappa shape index (κ1) is 32.8. The van der Waals surface area contributed by atoms with Crippen molar-refractivity contribution in [2.24, 2.45) is 5.11 Å². The average Bonchev–Trinajstić information content (AvgIpc) is 3.05. The van der Waals surface area contributed by atoms with Crippen LogP contribution in [0.2, 0.25) is 0 Å². The van der Waals surface area contributed by atoms with Crippen LogP contribution in [0.5, 0.6) is 11.5 Å².